The van der Waals surface area contributed by atoms with Crippen molar-refractivity contribution in [2.24, 2.45) is 0 Å². The highest BCUT2D eigenvalue weighted by Crippen LogP contribution is 2.37. The molecule has 1 atom stereocenters. The van der Waals surface area contributed by atoms with E-state index in [1.165, 1.54) is 28.8 Å². The van der Waals surface area contributed by atoms with Gasteiger partial charge in [0.1, 0.15) is 15.1 Å². The van der Waals surface area contributed by atoms with Crippen molar-refractivity contribution in [3.63, 3.8) is 0 Å². The van der Waals surface area contributed by atoms with Crippen LogP contribution >= 0.6 is 22.7 Å². The third kappa shape index (κ3) is 3.57. The number of nitrogens with zero attached hydrogens (tertiary/aromatic N) is 1. The predicted molar refractivity (Wildman–Crippen MR) is 113 cm³/mol. The summed E-state index contributed by atoms with van der Waals surface area (Å²) in [4.78, 5) is 25.6. The molecule has 1 aliphatic rings. The Balaban J connectivity index is 1.67. The van der Waals surface area contributed by atoms with Gasteiger partial charge in [-0.15, -0.1) is 22.7 Å². The lowest BCUT2D eigenvalue weighted by Crippen LogP contribution is -2.43. The number of hydrogen-bond donors (Lipinski definition) is 1. The quantitative estimate of drug-likeness (QED) is 0.600. The van der Waals surface area contributed by atoms with Gasteiger partial charge in [0.25, 0.3) is 10.0 Å². The van der Waals surface area contributed by atoms with Gasteiger partial charge in [0.15, 0.2) is 0 Å². The normalized spacial score (nSPS) is 17.5. The van der Waals surface area contributed by atoms with E-state index in [4.69, 9.17) is 4.74 Å². The van der Waals surface area contributed by atoms with E-state index in [-0.39, 0.29) is 15.6 Å². The minimum absolute atomic E-state index is 0.216. The fourth-order valence-corrected chi connectivity index (χ4v) is 7.28. The summed E-state index contributed by atoms with van der Waals surface area (Å²) in [5, 5.41) is 5.22. The van der Waals surface area contributed by atoms with Crippen LogP contribution in [0.4, 0.5) is 5.69 Å². The van der Waals surface area contributed by atoms with Crippen molar-refractivity contribution < 1.29 is 22.7 Å². The van der Waals surface area contributed by atoms with Crippen molar-refractivity contribution in [1.82, 2.24) is 4.31 Å². The molecule has 3 aromatic rings. The average Bonchev–Trinajstić information content (AvgIpc) is 3.47. The molecule has 1 unspecified atom stereocenters. The number of sulfonamides is 1. The molecule has 29 heavy (non-hydrogen) atoms. The monoisotopic (exact) mass is 450 g/mol. The van der Waals surface area contributed by atoms with Crippen LogP contribution in [0.15, 0.2) is 46.0 Å². The highest BCUT2D eigenvalue weighted by molar-refractivity contribution is 7.91. The molecule has 0 radical (unpaired) electrons. The van der Waals surface area contributed by atoms with Crippen molar-refractivity contribution in [3.8, 4) is 0 Å². The Bertz CT molecular complexity index is 1170. The maximum atomic E-state index is 13.1. The summed E-state index contributed by atoms with van der Waals surface area (Å²) in [5.41, 5.74) is 0.364. The molecule has 1 N–H and O–H groups in total. The molecule has 1 amide bonds. The maximum Gasteiger partial charge on any atom is 0.350 e. The van der Waals surface area contributed by atoms with E-state index in [0.717, 1.165) is 21.4 Å². The largest absolute Gasteiger partial charge is 0.465 e. The summed E-state index contributed by atoms with van der Waals surface area (Å²) >= 11 is 2.35. The third-order valence-electron chi connectivity index (χ3n) is 4.78. The summed E-state index contributed by atoms with van der Waals surface area (Å²) in [5.74, 6) is -0.993. The van der Waals surface area contributed by atoms with Gasteiger partial charge in [-0.2, -0.15) is 4.31 Å². The van der Waals surface area contributed by atoms with Crippen molar-refractivity contribution in [2.45, 2.75) is 23.1 Å². The summed E-state index contributed by atoms with van der Waals surface area (Å²) < 4.78 is 33.0. The first-order chi connectivity index (χ1) is 13.9. The Morgan fingerprint density at radius 1 is 1.21 bits per heavy atom. The fourth-order valence-electron chi connectivity index (χ4n) is 3.43. The molecule has 1 aliphatic heterocycles. The zero-order valence-electron chi connectivity index (χ0n) is 15.5. The first-order valence-electron chi connectivity index (χ1n) is 8.89. The number of benzene rings is 1. The molecular formula is C19H18N2O5S3. The summed E-state index contributed by atoms with van der Waals surface area (Å²) in [6.45, 7) is 0.284. The lowest BCUT2D eigenvalue weighted by Gasteiger charge is -2.22. The van der Waals surface area contributed by atoms with Crippen molar-refractivity contribution in [3.05, 3.63) is 46.7 Å². The van der Waals surface area contributed by atoms with Gasteiger partial charge in [-0.25, -0.2) is 13.2 Å². The topological polar surface area (TPSA) is 92.8 Å². The van der Waals surface area contributed by atoms with E-state index in [1.54, 1.807) is 11.4 Å². The first kappa shape index (κ1) is 20.0. The Morgan fingerprint density at radius 3 is 2.72 bits per heavy atom. The van der Waals surface area contributed by atoms with Crippen LogP contribution in [0.25, 0.3) is 10.1 Å². The number of carbonyl (C=O) groups excluding carboxylic acids is 2. The van der Waals surface area contributed by atoms with Crippen molar-refractivity contribution in [1.29, 1.82) is 0 Å². The standard InChI is InChI=1S/C19H18N2O5S3/c1-26-19(23)17-16(12-6-2-3-8-14(12)28-17)20-18(22)13-7-4-10-21(13)29(24,25)15-9-5-11-27-15/h2-3,5-6,8-9,11,13H,4,7,10H2,1H3,(H,20,22). The summed E-state index contributed by atoms with van der Waals surface area (Å²) in [7, 11) is -2.46. The smallest absolute Gasteiger partial charge is 0.350 e. The van der Waals surface area contributed by atoms with E-state index in [2.05, 4.69) is 5.32 Å². The second-order valence-corrected chi connectivity index (χ2v) is 10.6. The third-order valence-corrected chi connectivity index (χ3v) is 9.21. The Morgan fingerprint density at radius 2 is 2.00 bits per heavy atom. The molecule has 7 nitrogen and oxygen atoms in total. The average molecular weight is 451 g/mol. The number of methoxy groups -OCH3 is 1. The van der Waals surface area contributed by atoms with Crippen LogP contribution in [-0.2, 0) is 19.6 Å². The number of hydrogen-bond acceptors (Lipinski definition) is 7. The van der Waals surface area contributed by atoms with Gasteiger partial charge in [0.2, 0.25) is 5.91 Å². The van der Waals surface area contributed by atoms with Crippen LogP contribution in [0.1, 0.15) is 22.5 Å². The Labute approximate surface area is 176 Å². The maximum absolute atomic E-state index is 13.1. The molecule has 1 aromatic carbocycles. The Kier molecular flexibility index (Phi) is 5.43. The van der Waals surface area contributed by atoms with Crippen LogP contribution < -0.4 is 5.32 Å². The number of thiophene rings is 2. The number of fused-ring (bicyclic) bond motifs is 1. The second-order valence-electron chi connectivity index (χ2n) is 6.49. The lowest BCUT2D eigenvalue weighted by molar-refractivity contribution is -0.119. The minimum atomic E-state index is -3.74. The summed E-state index contributed by atoms with van der Waals surface area (Å²) in [6, 6.07) is 9.70. The first-order valence-corrected chi connectivity index (χ1v) is 12.0. The van der Waals surface area contributed by atoms with E-state index in [1.807, 2.05) is 24.3 Å². The van der Waals surface area contributed by atoms with Gasteiger partial charge in [0, 0.05) is 16.6 Å². The second kappa shape index (κ2) is 7.86. The zero-order valence-corrected chi connectivity index (χ0v) is 17.9. The van der Waals surface area contributed by atoms with Crippen LogP contribution in [0.3, 0.4) is 0 Å². The van der Waals surface area contributed by atoms with Gasteiger partial charge in [-0.05, 0) is 30.4 Å². The molecule has 2 aromatic heterocycles. The number of carbonyl (C=O) groups is 2. The summed E-state index contributed by atoms with van der Waals surface area (Å²) in [6.07, 6.45) is 1.02. The Hall–Kier alpha value is -2.27. The van der Waals surface area contributed by atoms with Crippen molar-refractivity contribution in [2.75, 3.05) is 19.0 Å². The minimum Gasteiger partial charge on any atom is -0.465 e. The molecule has 3 heterocycles. The van der Waals surface area contributed by atoms with Gasteiger partial charge in [-0.3, -0.25) is 4.79 Å². The molecule has 0 bridgehead atoms. The number of nitrogens with one attached hydrogen (secondary N) is 1. The van der Waals surface area contributed by atoms with Crippen molar-refractivity contribution >= 4 is 60.3 Å². The zero-order chi connectivity index (χ0) is 20.6. The number of esters is 1. The van der Waals surface area contributed by atoms with Gasteiger partial charge < -0.3 is 10.1 Å². The number of rotatable bonds is 5. The molecule has 1 fully saturated rings. The van der Waals surface area contributed by atoms with E-state index < -0.39 is 27.9 Å². The highest BCUT2D eigenvalue weighted by atomic mass is 32.2. The lowest BCUT2D eigenvalue weighted by atomic mass is 10.2. The molecule has 1 saturated heterocycles. The molecular weight excluding hydrogens is 432 g/mol. The van der Waals surface area contributed by atoms with Gasteiger partial charge in [-0.1, -0.05) is 24.3 Å². The molecule has 0 saturated carbocycles. The van der Waals surface area contributed by atoms with Gasteiger partial charge in [0.05, 0.1) is 12.8 Å². The number of amides is 1. The fraction of sp³-hybridized carbons (Fsp3) is 0.263. The van der Waals surface area contributed by atoms with Gasteiger partial charge >= 0.3 is 5.97 Å². The predicted octanol–water partition coefficient (Wildman–Crippen LogP) is 3.54. The van der Waals surface area contributed by atoms with Crippen LogP contribution in [0.5, 0.6) is 0 Å². The molecule has 4 rings (SSSR count). The molecule has 152 valence electrons. The molecule has 10 heteroatoms. The van der Waals surface area contributed by atoms with Crippen LogP contribution in [0.2, 0.25) is 0 Å². The highest BCUT2D eigenvalue weighted by Gasteiger charge is 2.40. The number of ether oxygens (including phenoxy) is 1. The molecule has 0 aliphatic carbocycles. The van der Waals surface area contributed by atoms with Crippen LogP contribution in [0, 0.1) is 0 Å². The van der Waals surface area contributed by atoms with E-state index in [9.17, 15) is 18.0 Å². The number of anilines is 1. The SMILES string of the molecule is COC(=O)c1sc2ccccc2c1NC(=O)C1CCCN1S(=O)(=O)c1cccs1. The van der Waals surface area contributed by atoms with E-state index in [0.29, 0.717) is 18.5 Å². The molecule has 0 spiro atoms. The van der Waals surface area contributed by atoms with E-state index >= 15 is 0 Å². The van der Waals surface area contributed by atoms with Crippen LogP contribution in [-0.4, -0.2) is 44.3 Å².